The maximum absolute atomic E-state index is 11.8. The summed E-state index contributed by atoms with van der Waals surface area (Å²) in [4.78, 5) is 11.8. The SMILES string of the molecule is CCc1ccc(OCC(=O)N/N=C(/C)c2ccc(N)cc2)cc1. The van der Waals surface area contributed by atoms with E-state index in [4.69, 9.17) is 10.5 Å². The number of hydrogen-bond donors (Lipinski definition) is 2. The predicted octanol–water partition coefficient (Wildman–Crippen LogP) is 2.75. The lowest BCUT2D eigenvalue weighted by molar-refractivity contribution is -0.123. The first-order valence-electron chi connectivity index (χ1n) is 7.49. The fraction of sp³-hybridized carbons (Fsp3) is 0.222. The van der Waals surface area contributed by atoms with E-state index in [0.717, 1.165) is 12.0 Å². The molecule has 0 atom stereocenters. The van der Waals surface area contributed by atoms with Crippen molar-refractivity contribution in [2.75, 3.05) is 12.3 Å². The number of carbonyl (C=O) groups is 1. The molecule has 1 amide bonds. The van der Waals surface area contributed by atoms with Crippen molar-refractivity contribution >= 4 is 17.3 Å². The first-order chi connectivity index (χ1) is 11.1. The first kappa shape index (κ1) is 16.5. The van der Waals surface area contributed by atoms with Gasteiger partial charge in [0, 0.05) is 5.69 Å². The van der Waals surface area contributed by atoms with E-state index in [1.54, 1.807) is 12.1 Å². The van der Waals surface area contributed by atoms with Crippen LogP contribution in [0, 0.1) is 0 Å². The van der Waals surface area contributed by atoms with E-state index in [1.807, 2.05) is 43.3 Å². The summed E-state index contributed by atoms with van der Waals surface area (Å²) in [6, 6.07) is 15.0. The monoisotopic (exact) mass is 311 g/mol. The molecule has 23 heavy (non-hydrogen) atoms. The first-order valence-corrected chi connectivity index (χ1v) is 7.49. The molecule has 0 aliphatic carbocycles. The van der Waals surface area contributed by atoms with Gasteiger partial charge in [-0.25, -0.2) is 5.43 Å². The number of benzene rings is 2. The highest BCUT2D eigenvalue weighted by molar-refractivity contribution is 5.99. The van der Waals surface area contributed by atoms with Gasteiger partial charge in [0.15, 0.2) is 6.61 Å². The number of nitrogens with one attached hydrogen (secondary N) is 1. The molecular weight excluding hydrogens is 290 g/mol. The van der Waals surface area contributed by atoms with Crippen LogP contribution in [0.4, 0.5) is 5.69 Å². The van der Waals surface area contributed by atoms with Gasteiger partial charge in [0.25, 0.3) is 5.91 Å². The van der Waals surface area contributed by atoms with E-state index < -0.39 is 0 Å². The molecular formula is C18H21N3O2. The average Bonchev–Trinajstić information content (AvgIpc) is 2.59. The highest BCUT2D eigenvalue weighted by atomic mass is 16.5. The Kier molecular flexibility index (Phi) is 5.74. The fourth-order valence-electron chi connectivity index (χ4n) is 1.94. The lowest BCUT2D eigenvalue weighted by atomic mass is 10.1. The second-order valence-electron chi connectivity index (χ2n) is 5.14. The second kappa shape index (κ2) is 7.98. The van der Waals surface area contributed by atoms with Gasteiger partial charge in [-0.1, -0.05) is 31.2 Å². The number of ether oxygens (including phenoxy) is 1. The maximum atomic E-state index is 11.8. The minimum Gasteiger partial charge on any atom is -0.484 e. The van der Waals surface area contributed by atoms with E-state index in [1.165, 1.54) is 5.56 Å². The zero-order chi connectivity index (χ0) is 16.7. The number of anilines is 1. The Morgan fingerprint density at radius 3 is 2.39 bits per heavy atom. The molecule has 0 radical (unpaired) electrons. The van der Waals surface area contributed by atoms with Crippen LogP contribution in [0.3, 0.4) is 0 Å². The van der Waals surface area contributed by atoms with Crippen molar-refractivity contribution in [2.45, 2.75) is 20.3 Å². The van der Waals surface area contributed by atoms with Gasteiger partial charge < -0.3 is 10.5 Å². The van der Waals surface area contributed by atoms with Gasteiger partial charge in [0.05, 0.1) is 5.71 Å². The summed E-state index contributed by atoms with van der Waals surface area (Å²) in [5.74, 6) is 0.357. The van der Waals surface area contributed by atoms with Crippen molar-refractivity contribution in [2.24, 2.45) is 5.10 Å². The highest BCUT2D eigenvalue weighted by Crippen LogP contribution is 2.12. The zero-order valence-corrected chi connectivity index (χ0v) is 13.4. The van der Waals surface area contributed by atoms with Crippen LogP contribution in [-0.2, 0) is 11.2 Å². The Bertz CT molecular complexity index is 676. The van der Waals surface area contributed by atoms with Crippen LogP contribution in [0.5, 0.6) is 5.75 Å². The molecule has 0 spiro atoms. The zero-order valence-electron chi connectivity index (χ0n) is 13.4. The minimum absolute atomic E-state index is 0.0794. The maximum Gasteiger partial charge on any atom is 0.277 e. The summed E-state index contributed by atoms with van der Waals surface area (Å²) in [5.41, 5.74) is 11.6. The fourth-order valence-corrected chi connectivity index (χ4v) is 1.94. The largest absolute Gasteiger partial charge is 0.484 e. The Labute approximate surface area is 136 Å². The number of nitrogen functional groups attached to an aromatic ring is 1. The number of amides is 1. The molecule has 0 heterocycles. The van der Waals surface area contributed by atoms with Gasteiger partial charge in [-0.05, 0) is 48.7 Å². The van der Waals surface area contributed by atoms with Crippen molar-refractivity contribution in [1.29, 1.82) is 0 Å². The summed E-state index contributed by atoms with van der Waals surface area (Å²) in [7, 11) is 0. The van der Waals surface area contributed by atoms with E-state index in [-0.39, 0.29) is 12.5 Å². The Balaban J connectivity index is 1.84. The van der Waals surface area contributed by atoms with Gasteiger partial charge in [-0.3, -0.25) is 4.79 Å². The van der Waals surface area contributed by atoms with Crippen molar-refractivity contribution < 1.29 is 9.53 Å². The lowest BCUT2D eigenvalue weighted by Gasteiger charge is -2.06. The summed E-state index contributed by atoms with van der Waals surface area (Å²) in [6.45, 7) is 3.82. The highest BCUT2D eigenvalue weighted by Gasteiger charge is 2.03. The molecule has 0 aromatic heterocycles. The molecule has 3 N–H and O–H groups in total. The molecule has 120 valence electrons. The third-order valence-electron chi connectivity index (χ3n) is 3.38. The molecule has 0 unspecified atom stereocenters. The number of nitrogens with two attached hydrogens (primary N) is 1. The van der Waals surface area contributed by atoms with Crippen molar-refractivity contribution in [3.8, 4) is 5.75 Å². The van der Waals surface area contributed by atoms with Crippen LogP contribution in [0.1, 0.15) is 25.0 Å². The number of hydrazone groups is 1. The quantitative estimate of drug-likeness (QED) is 0.489. The summed E-state index contributed by atoms with van der Waals surface area (Å²) in [5, 5.41) is 4.06. The smallest absolute Gasteiger partial charge is 0.277 e. The lowest BCUT2D eigenvalue weighted by Crippen LogP contribution is -2.25. The molecule has 2 aromatic rings. The van der Waals surface area contributed by atoms with Crippen molar-refractivity contribution in [1.82, 2.24) is 5.43 Å². The number of rotatable bonds is 6. The topological polar surface area (TPSA) is 76.7 Å². The Hall–Kier alpha value is -2.82. The number of carbonyl (C=O) groups excluding carboxylic acids is 1. The third-order valence-corrected chi connectivity index (χ3v) is 3.38. The summed E-state index contributed by atoms with van der Waals surface area (Å²) < 4.78 is 5.42. The second-order valence-corrected chi connectivity index (χ2v) is 5.14. The van der Waals surface area contributed by atoms with Crippen LogP contribution >= 0.6 is 0 Å². The van der Waals surface area contributed by atoms with E-state index in [2.05, 4.69) is 17.5 Å². The molecule has 0 fully saturated rings. The van der Waals surface area contributed by atoms with E-state index in [0.29, 0.717) is 17.1 Å². The third kappa shape index (κ3) is 5.14. The van der Waals surface area contributed by atoms with Gasteiger partial charge >= 0.3 is 0 Å². The van der Waals surface area contributed by atoms with E-state index >= 15 is 0 Å². The van der Waals surface area contributed by atoms with Gasteiger partial charge in [-0.15, -0.1) is 0 Å². The molecule has 5 heteroatoms. The number of aryl methyl sites for hydroxylation is 1. The van der Waals surface area contributed by atoms with Crippen LogP contribution < -0.4 is 15.9 Å². The molecule has 0 aliphatic rings. The van der Waals surface area contributed by atoms with Crippen molar-refractivity contribution in [3.05, 3.63) is 59.7 Å². The van der Waals surface area contributed by atoms with Crippen LogP contribution in [0.25, 0.3) is 0 Å². The molecule has 0 bridgehead atoms. The number of hydrogen-bond acceptors (Lipinski definition) is 4. The van der Waals surface area contributed by atoms with Crippen molar-refractivity contribution in [3.63, 3.8) is 0 Å². The van der Waals surface area contributed by atoms with Gasteiger partial charge in [-0.2, -0.15) is 5.10 Å². The molecule has 0 saturated carbocycles. The normalized spacial score (nSPS) is 11.1. The predicted molar refractivity (Wildman–Crippen MR) is 92.5 cm³/mol. The summed E-state index contributed by atoms with van der Waals surface area (Å²) >= 11 is 0. The molecule has 2 rings (SSSR count). The molecule has 0 aliphatic heterocycles. The molecule has 5 nitrogen and oxygen atoms in total. The van der Waals surface area contributed by atoms with Crippen LogP contribution in [-0.4, -0.2) is 18.2 Å². The Morgan fingerprint density at radius 1 is 1.13 bits per heavy atom. The number of nitrogens with zero attached hydrogens (tertiary/aromatic N) is 1. The average molecular weight is 311 g/mol. The van der Waals surface area contributed by atoms with Gasteiger partial charge in [0.1, 0.15) is 5.75 Å². The van der Waals surface area contributed by atoms with Crippen LogP contribution in [0.15, 0.2) is 53.6 Å². The standard InChI is InChI=1S/C18H21N3O2/c1-3-14-4-10-17(11-5-14)23-12-18(22)21-20-13(2)15-6-8-16(19)9-7-15/h4-11H,3,12,19H2,1-2H3,(H,21,22)/b20-13-. The van der Waals surface area contributed by atoms with Gasteiger partial charge in [0.2, 0.25) is 0 Å². The Morgan fingerprint density at radius 2 is 1.78 bits per heavy atom. The summed E-state index contributed by atoms with van der Waals surface area (Å²) in [6.07, 6.45) is 0.972. The molecule has 0 saturated heterocycles. The molecule has 2 aromatic carbocycles. The van der Waals surface area contributed by atoms with Crippen LogP contribution in [0.2, 0.25) is 0 Å². The van der Waals surface area contributed by atoms with E-state index in [9.17, 15) is 4.79 Å². The minimum atomic E-state index is -0.306.